The largest absolute Gasteiger partial charge is 0.355 e. The van der Waals surface area contributed by atoms with Gasteiger partial charge in [-0.25, -0.2) is 9.97 Å². The van der Waals surface area contributed by atoms with Gasteiger partial charge in [0.05, 0.1) is 22.8 Å². The molecule has 3 aromatic heterocycles. The molecule has 0 aliphatic carbocycles. The van der Waals surface area contributed by atoms with Crippen LogP contribution in [0.5, 0.6) is 0 Å². The van der Waals surface area contributed by atoms with Crippen LogP contribution in [0.4, 0.5) is 0 Å². The van der Waals surface area contributed by atoms with E-state index in [0.717, 1.165) is 92.8 Å². The summed E-state index contributed by atoms with van der Waals surface area (Å²) in [6.07, 6.45) is 16.4. The Hall–Kier alpha value is -4.96. The highest BCUT2D eigenvalue weighted by molar-refractivity contribution is 5.94. The number of unbranched alkanes of at least 4 members (excludes halogenated alkanes) is 3. The van der Waals surface area contributed by atoms with Crippen molar-refractivity contribution in [3.63, 3.8) is 0 Å². The zero-order valence-corrected chi connectivity index (χ0v) is 26.2. The predicted octanol–water partition coefficient (Wildman–Crippen LogP) is 11.1. The predicted molar refractivity (Wildman–Crippen MR) is 192 cm³/mol. The molecule has 8 bridgehead atoms. The monoisotopic (exact) mass is 588 g/mol. The molecule has 4 nitrogen and oxygen atoms in total. The summed E-state index contributed by atoms with van der Waals surface area (Å²) in [5.41, 5.74) is 15.4. The quantitative estimate of drug-likeness (QED) is 0.165. The number of aryl methyl sites for hydroxylation is 1. The third kappa shape index (κ3) is 5.81. The van der Waals surface area contributed by atoms with Gasteiger partial charge in [-0.05, 0) is 84.5 Å². The molecule has 0 amide bonds. The maximum atomic E-state index is 5.29. The summed E-state index contributed by atoms with van der Waals surface area (Å²) in [4.78, 5) is 18.3. The molecule has 0 saturated heterocycles. The van der Waals surface area contributed by atoms with Gasteiger partial charge in [-0.15, -0.1) is 0 Å². The number of rotatable bonds is 9. The van der Waals surface area contributed by atoms with Crippen LogP contribution in [0.25, 0.3) is 68.6 Å². The van der Waals surface area contributed by atoms with Crippen molar-refractivity contribution in [2.75, 3.05) is 0 Å². The summed E-state index contributed by atoms with van der Waals surface area (Å²) in [7, 11) is 0. The van der Waals surface area contributed by atoms with Crippen LogP contribution in [-0.4, -0.2) is 19.9 Å². The number of H-pyrrole nitrogens is 2. The lowest BCUT2D eigenvalue weighted by Gasteiger charge is -2.06. The van der Waals surface area contributed by atoms with Crippen LogP contribution in [0, 0.1) is 0 Å². The second kappa shape index (κ2) is 13.0. The summed E-state index contributed by atoms with van der Waals surface area (Å²) in [6, 6.07) is 30.2. The molecule has 0 spiro atoms. The van der Waals surface area contributed by atoms with Crippen LogP contribution in [0.1, 0.15) is 79.9 Å². The Morgan fingerprint density at radius 3 is 1.42 bits per heavy atom. The van der Waals surface area contributed by atoms with Crippen LogP contribution in [0.15, 0.2) is 84.9 Å². The third-order valence-corrected chi connectivity index (χ3v) is 8.88. The van der Waals surface area contributed by atoms with Gasteiger partial charge >= 0.3 is 0 Å². The first kappa shape index (κ1) is 28.8. The van der Waals surface area contributed by atoms with Gasteiger partial charge in [0.25, 0.3) is 0 Å². The average molecular weight is 589 g/mol. The smallest absolute Gasteiger partial charge is 0.0737 e. The lowest BCUT2D eigenvalue weighted by Crippen LogP contribution is -1.94. The highest BCUT2D eigenvalue weighted by Gasteiger charge is 2.17. The molecule has 2 aliphatic rings. The van der Waals surface area contributed by atoms with E-state index in [1.54, 1.807) is 0 Å². The first-order valence-corrected chi connectivity index (χ1v) is 16.5. The molecule has 5 heterocycles. The number of hydrogen-bond donors (Lipinski definition) is 2. The Balaban J connectivity index is 1.60. The van der Waals surface area contributed by atoms with Crippen molar-refractivity contribution in [1.82, 2.24) is 19.9 Å². The molecule has 0 atom stereocenters. The van der Waals surface area contributed by atoms with Gasteiger partial charge < -0.3 is 9.97 Å². The van der Waals surface area contributed by atoms with E-state index in [4.69, 9.17) is 9.97 Å². The molecule has 5 aromatic rings. The fraction of sp³-hybridized carbons (Fsp3) is 0.220. The van der Waals surface area contributed by atoms with E-state index in [-0.39, 0.29) is 0 Å². The minimum absolute atomic E-state index is 0.907. The van der Waals surface area contributed by atoms with Crippen molar-refractivity contribution in [3.05, 3.63) is 119 Å². The van der Waals surface area contributed by atoms with Crippen LogP contribution in [0.2, 0.25) is 0 Å². The minimum atomic E-state index is 0.907. The van der Waals surface area contributed by atoms with Crippen LogP contribution in [-0.2, 0) is 12.8 Å². The molecule has 2 aromatic carbocycles. The van der Waals surface area contributed by atoms with Crippen molar-refractivity contribution >= 4 is 46.4 Å². The summed E-state index contributed by atoms with van der Waals surface area (Å²) in [5.74, 6) is 0. The number of nitrogens with one attached hydrogen (secondary N) is 2. The number of hydrogen-bond acceptors (Lipinski definition) is 2. The molecule has 45 heavy (non-hydrogen) atoms. The normalized spacial score (nSPS) is 12.2. The van der Waals surface area contributed by atoms with E-state index in [1.807, 2.05) is 0 Å². The Bertz CT molecular complexity index is 1900. The zero-order valence-electron chi connectivity index (χ0n) is 26.2. The summed E-state index contributed by atoms with van der Waals surface area (Å²) in [5, 5.41) is 0. The molecule has 224 valence electrons. The van der Waals surface area contributed by atoms with E-state index in [2.05, 4.69) is 133 Å². The molecular weight excluding hydrogens is 548 g/mol. The molecule has 0 unspecified atom stereocenters. The fourth-order valence-corrected chi connectivity index (χ4v) is 6.65. The highest BCUT2D eigenvalue weighted by Crippen LogP contribution is 2.34. The van der Waals surface area contributed by atoms with Crippen molar-refractivity contribution in [3.8, 4) is 22.3 Å². The number of fused-ring (bicyclic) bond motifs is 8. The van der Waals surface area contributed by atoms with E-state index >= 15 is 0 Å². The first-order chi connectivity index (χ1) is 22.2. The van der Waals surface area contributed by atoms with Crippen LogP contribution in [0.3, 0.4) is 0 Å². The molecule has 2 N–H and O–H groups in total. The molecular formula is C41H40N4. The van der Waals surface area contributed by atoms with Crippen molar-refractivity contribution < 1.29 is 0 Å². The van der Waals surface area contributed by atoms with Crippen LogP contribution < -0.4 is 0 Å². The molecule has 0 fully saturated rings. The van der Waals surface area contributed by atoms with E-state index < -0.39 is 0 Å². The van der Waals surface area contributed by atoms with Gasteiger partial charge in [0, 0.05) is 38.8 Å². The van der Waals surface area contributed by atoms with Gasteiger partial charge in [0.2, 0.25) is 0 Å². The fourth-order valence-electron chi connectivity index (χ4n) is 6.65. The van der Waals surface area contributed by atoms with Gasteiger partial charge in [0.1, 0.15) is 0 Å². The van der Waals surface area contributed by atoms with Gasteiger partial charge in [-0.3, -0.25) is 0 Å². The van der Waals surface area contributed by atoms with Crippen molar-refractivity contribution in [2.45, 2.75) is 58.8 Å². The standard InChI is InChI=1S/C41H40N4/c1-3-5-6-13-19-31-34-22-26-38(44-34)40(28-15-9-7-10-16-28)36-24-20-32(42-36)30(14-4-2)33-21-25-37(43-33)41(29-17-11-8-12-18-29)39-27-23-35(31)45-39/h7-12,15-18,20-27,44-45H,3-6,13-14,19H2,1-2H3. The molecule has 2 aliphatic heterocycles. The Kier molecular flexibility index (Phi) is 8.29. The van der Waals surface area contributed by atoms with Gasteiger partial charge in [0.15, 0.2) is 0 Å². The number of benzene rings is 2. The molecule has 7 rings (SSSR count). The Morgan fingerprint density at radius 1 is 0.444 bits per heavy atom. The minimum Gasteiger partial charge on any atom is -0.355 e. The summed E-state index contributed by atoms with van der Waals surface area (Å²) < 4.78 is 0. The highest BCUT2D eigenvalue weighted by atomic mass is 14.8. The molecule has 0 radical (unpaired) electrons. The topological polar surface area (TPSA) is 57.4 Å². The van der Waals surface area contributed by atoms with Gasteiger partial charge in [-0.2, -0.15) is 0 Å². The van der Waals surface area contributed by atoms with Crippen LogP contribution >= 0.6 is 0 Å². The molecule has 0 saturated carbocycles. The average Bonchev–Trinajstić information content (AvgIpc) is 3.90. The van der Waals surface area contributed by atoms with E-state index in [0.29, 0.717) is 0 Å². The van der Waals surface area contributed by atoms with Crippen molar-refractivity contribution in [2.24, 2.45) is 0 Å². The van der Waals surface area contributed by atoms with E-state index in [9.17, 15) is 0 Å². The maximum absolute atomic E-state index is 5.29. The molecule has 4 heteroatoms. The summed E-state index contributed by atoms with van der Waals surface area (Å²) in [6.45, 7) is 4.49. The van der Waals surface area contributed by atoms with Crippen molar-refractivity contribution in [1.29, 1.82) is 0 Å². The lowest BCUT2D eigenvalue weighted by atomic mass is 10.0. The Morgan fingerprint density at radius 2 is 0.933 bits per heavy atom. The van der Waals surface area contributed by atoms with E-state index in [1.165, 1.54) is 30.4 Å². The third-order valence-electron chi connectivity index (χ3n) is 8.88. The number of nitrogens with zero attached hydrogens (tertiary/aromatic N) is 2. The number of aromatic nitrogens is 4. The Labute approximate surface area is 265 Å². The summed E-state index contributed by atoms with van der Waals surface area (Å²) >= 11 is 0. The number of aromatic amines is 2. The second-order valence-electron chi connectivity index (χ2n) is 12.0. The van der Waals surface area contributed by atoms with Gasteiger partial charge in [-0.1, -0.05) is 100 Å². The second-order valence-corrected chi connectivity index (χ2v) is 12.0. The lowest BCUT2D eigenvalue weighted by molar-refractivity contribution is 0.669. The maximum Gasteiger partial charge on any atom is 0.0737 e. The SMILES string of the molecule is CCCCCCc1c2ccc([nH]2)c(-c2ccccc2)c2nc(c(CCC)c3nc(c(-c4ccccc4)c4ccc1[nH]4)C=C3)C=C2. The zero-order chi connectivity index (χ0) is 30.6. The first-order valence-electron chi connectivity index (χ1n) is 16.5.